The molecule has 0 aliphatic carbocycles. The van der Waals surface area contributed by atoms with Crippen molar-refractivity contribution in [2.75, 3.05) is 0 Å². The van der Waals surface area contributed by atoms with E-state index in [2.05, 4.69) is 25.1 Å². The molecular formula is C11H6F6FeNO2. The maximum atomic E-state index is 13.9. The number of allylic oxidation sites excluding steroid dienone is 2. The summed E-state index contributed by atoms with van der Waals surface area (Å²) >= 11 is 2.88. The Bertz CT molecular complexity index is 626. The number of halogens is 6. The van der Waals surface area contributed by atoms with Crippen molar-refractivity contribution in [2.45, 2.75) is 20.0 Å². The van der Waals surface area contributed by atoms with Crippen LogP contribution < -0.4 is 0 Å². The van der Waals surface area contributed by atoms with E-state index in [0.717, 1.165) is 13.8 Å². The number of rotatable bonds is 3. The van der Waals surface area contributed by atoms with Crippen molar-refractivity contribution >= 4 is 11.4 Å². The Morgan fingerprint density at radius 3 is 2.05 bits per heavy atom. The predicted molar refractivity (Wildman–Crippen MR) is 53.5 cm³/mol. The number of pyridine rings is 1. The van der Waals surface area contributed by atoms with Crippen LogP contribution in [0.15, 0.2) is 5.76 Å². The molecule has 0 bridgehead atoms. The molecule has 1 aromatic heterocycles. The van der Waals surface area contributed by atoms with Gasteiger partial charge in [-0.3, -0.25) is 0 Å². The molecule has 0 aliphatic heterocycles. The monoisotopic (exact) mass is 354 g/mol. The van der Waals surface area contributed by atoms with Crippen LogP contribution in [0.4, 0.5) is 26.3 Å². The number of ketones is 1. The molecule has 0 saturated carbocycles. The van der Waals surface area contributed by atoms with E-state index in [1.807, 2.05) is 0 Å². The first-order valence-electron chi connectivity index (χ1n) is 5.13. The molecular weight excluding hydrogens is 348 g/mol. The summed E-state index contributed by atoms with van der Waals surface area (Å²) in [5.41, 5.74) is -4.66. The Kier molecular flexibility index (Phi) is 5.06. The van der Waals surface area contributed by atoms with Gasteiger partial charge in [-0.15, -0.1) is 0 Å². The normalized spacial score (nSPS) is 13.0. The second kappa shape index (κ2) is 6.07. The molecule has 0 spiro atoms. The van der Waals surface area contributed by atoms with Gasteiger partial charge in [-0.25, -0.2) is 0 Å². The average molecular weight is 354 g/mol. The van der Waals surface area contributed by atoms with Crippen molar-refractivity contribution in [1.29, 1.82) is 0 Å². The van der Waals surface area contributed by atoms with Gasteiger partial charge in [0, 0.05) is 0 Å². The van der Waals surface area contributed by atoms with Crippen molar-refractivity contribution in [3.05, 3.63) is 34.6 Å². The molecule has 1 heterocycles. The summed E-state index contributed by atoms with van der Waals surface area (Å²) in [7, 11) is 0. The summed E-state index contributed by atoms with van der Waals surface area (Å²) in [6, 6.07) is 0. The van der Waals surface area contributed by atoms with E-state index in [-0.39, 0.29) is 0 Å². The topological polar surface area (TPSA) is 39.2 Å². The minimum absolute atomic E-state index is 0.473. The first-order valence-corrected chi connectivity index (χ1v) is 5.58. The molecule has 0 radical (unpaired) electrons. The van der Waals surface area contributed by atoms with Crippen LogP contribution in [0.2, 0.25) is 0 Å². The Labute approximate surface area is 123 Å². The molecule has 0 unspecified atom stereocenters. The molecule has 117 valence electrons. The van der Waals surface area contributed by atoms with Gasteiger partial charge in [0.2, 0.25) is 0 Å². The number of carbonyl (C=O) groups is 1. The number of hydrogen-bond donors (Lipinski definition) is 0. The van der Waals surface area contributed by atoms with Crippen LogP contribution in [-0.2, 0) is 31.1 Å². The van der Waals surface area contributed by atoms with Crippen LogP contribution in [0.25, 0.3) is 5.57 Å². The quantitative estimate of drug-likeness (QED) is 0.275. The SMILES string of the molecule is CC(=O)/C(=C(/C)[O][Fe])c1c(F)c(F)nc(C(F)(F)F)c1F. The molecule has 0 N–H and O–H groups in total. The third-order valence-electron chi connectivity index (χ3n) is 2.37. The van der Waals surface area contributed by atoms with E-state index in [9.17, 15) is 31.1 Å². The predicted octanol–water partition coefficient (Wildman–Crippen LogP) is 3.32. The van der Waals surface area contributed by atoms with Crippen molar-refractivity contribution in [3.63, 3.8) is 0 Å². The van der Waals surface area contributed by atoms with E-state index in [1.54, 1.807) is 0 Å². The van der Waals surface area contributed by atoms with Crippen molar-refractivity contribution in [3.8, 4) is 0 Å². The fraction of sp³-hybridized carbons (Fsp3) is 0.273. The number of alkyl halides is 3. The van der Waals surface area contributed by atoms with Gasteiger partial charge < -0.3 is 0 Å². The van der Waals surface area contributed by atoms with Crippen LogP contribution in [0.3, 0.4) is 0 Å². The molecule has 0 fully saturated rings. The molecule has 10 heteroatoms. The summed E-state index contributed by atoms with van der Waals surface area (Å²) < 4.78 is 82.7. The first-order chi connectivity index (χ1) is 9.52. The molecule has 0 atom stereocenters. The molecule has 0 aliphatic rings. The van der Waals surface area contributed by atoms with E-state index in [1.165, 1.54) is 0 Å². The molecule has 21 heavy (non-hydrogen) atoms. The van der Waals surface area contributed by atoms with Gasteiger partial charge in [0.25, 0.3) is 0 Å². The first kappa shape index (κ1) is 17.5. The van der Waals surface area contributed by atoms with E-state index < -0.39 is 52.1 Å². The molecule has 1 aromatic rings. The number of nitrogens with zero attached hydrogens (tertiary/aromatic N) is 1. The number of hydrogen-bond acceptors (Lipinski definition) is 3. The van der Waals surface area contributed by atoms with Gasteiger partial charge in [0.05, 0.1) is 0 Å². The second-order valence-corrected chi connectivity index (χ2v) is 4.04. The zero-order chi connectivity index (χ0) is 16.5. The average Bonchev–Trinajstić information content (AvgIpc) is 2.36. The summed E-state index contributed by atoms with van der Waals surface area (Å²) in [4.78, 5) is 13.6. The Balaban J connectivity index is 3.86. The van der Waals surface area contributed by atoms with E-state index in [0.29, 0.717) is 0 Å². The van der Waals surface area contributed by atoms with Crippen LogP contribution in [0.5, 0.6) is 0 Å². The van der Waals surface area contributed by atoms with Crippen LogP contribution in [-0.4, -0.2) is 10.8 Å². The van der Waals surface area contributed by atoms with Gasteiger partial charge in [-0.1, -0.05) is 0 Å². The molecule has 0 amide bonds. The minimum atomic E-state index is -5.37. The van der Waals surface area contributed by atoms with Gasteiger partial charge in [0.15, 0.2) is 0 Å². The van der Waals surface area contributed by atoms with Crippen molar-refractivity contribution in [1.82, 2.24) is 4.98 Å². The van der Waals surface area contributed by atoms with Crippen molar-refractivity contribution < 1.29 is 51.3 Å². The van der Waals surface area contributed by atoms with Crippen molar-refractivity contribution in [2.24, 2.45) is 0 Å². The number of carbonyl (C=O) groups excluding carboxylic acids is 1. The fourth-order valence-electron chi connectivity index (χ4n) is 1.56. The zero-order valence-corrected chi connectivity index (χ0v) is 11.5. The molecule has 3 nitrogen and oxygen atoms in total. The Morgan fingerprint density at radius 1 is 1.14 bits per heavy atom. The third-order valence-corrected chi connectivity index (χ3v) is 2.71. The molecule has 1 rings (SSSR count). The van der Waals surface area contributed by atoms with E-state index >= 15 is 0 Å². The zero-order valence-electron chi connectivity index (χ0n) is 10.4. The van der Waals surface area contributed by atoms with Gasteiger partial charge >= 0.3 is 122 Å². The third kappa shape index (κ3) is 3.38. The van der Waals surface area contributed by atoms with E-state index in [4.69, 9.17) is 0 Å². The molecule has 0 aromatic carbocycles. The number of Topliss-reactive ketones (excluding diaryl/α,β-unsaturated/α-hetero) is 1. The second-order valence-electron chi connectivity index (χ2n) is 3.81. The standard InChI is InChI=1S/C11H7F6NO2.Fe/c1-3(19)5(4(2)20)6-7(12)9(11(15,16)17)18-10(14)8(6)13;/h19H,1-2H3;/q;+1/p-1/b5-3+;. The summed E-state index contributed by atoms with van der Waals surface area (Å²) in [5, 5.41) is 0. The number of aromatic nitrogens is 1. The van der Waals surface area contributed by atoms with Gasteiger partial charge in [-0.05, 0) is 0 Å². The maximum absolute atomic E-state index is 13.9. The van der Waals surface area contributed by atoms with Crippen LogP contribution in [0.1, 0.15) is 25.1 Å². The Morgan fingerprint density at radius 2 is 1.67 bits per heavy atom. The van der Waals surface area contributed by atoms with Gasteiger partial charge in [0.1, 0.15) is 0 Å². The fourth-order valence-corrected chi connectivity index (χ4v) is 1.67. The van der Waals surface area contributed by atoms with Crippen LogP contribution >= 0.6 is 0 Å². The molecule has 0 saturated heterocycles. The summed E-state index contributed by atoms with van der Waals surface area (Å²) in [6.45, 7) is 1.86. The summed E-state index contributed by atoms with van der Waals surface area (Å²) in [6.07, 6.45) is -5.37. The van der Waals surface area contributed by atoms with Gasteiger partial charge in [-0.2, -0.15) is 0 Å². The van der Waals surface area contributed by atoms with Crippen LogP contribution in [0, 0.1) is 17.6 Å². The Hall–Kier alpha value is -1.54. The summed E-state index contributed by atoms with van der Waals surface area (Å²) in [5.74, 6) is -7.92.